The van der Waals surface area contributed by atoms with Crippen molar-refractivity contribution in [3.8, 4) is 11.5 Å². The van der Waals surface area contributed by atoms with E-state index in [1.54, 1.807) is 52.9 Å². The van der Waals surface area contributed by atoms with Gasteiger partial charge in [-0.05, 0) is 42.1 Å². The van der Waals surface area contributed by atoms with E-state index in [1.165, 1.54) is 25.1 Å². The van der Waals surface area contributed by atoms with Gasteiger partial charge in [0, 0.05) is 59.8 Å². The first-order valence-electron chi connectivity index (χ1n) is 15.7. The molecular weight excluding hydrogens is 669 g/mol. The van der Waals surface area contributed by atoms with Crippen molar-refractivity contribution in [1.82, 2.24) is 19.8 Å². The molecule has 256 valence electrons. The van der Waals surface area contributed by atoms with Gasteiger partial charge in [-0.2, -0.15) is 4.98 Å². The second-order valence-electron chi connectivity index (χ2n) is 11.7. The molecule has 49 heavy (non-hydrogen) atoms. The zero-order valence-electron chi connectivity index (χ0n) is 27.5. The number of thioether (sulfide) groups is 2. The average molecular weight is 705 g/mol. The van der Waals surface area contributed by atoms with Crippen molar-refractivity contribution in [1.29, 1.82) is 0 Å². The Balaban J connectivity index is 0.000000396. The van der Waals surface area contributed by atoms with E-state index in [-0.39, 0.29) is 28.8 Å². The molecule has 1 unspecified atom stereocenters. The highest BCUT2D eigenvalue weighted by Gasteiger charge is 2.36. The topological polar surface area (TPSA) is 147 Å². The number of carbonyl (C=O) groups is 4. The van der Waals surface area contributed by atoms with Crippen LogP contribution in [0.2, 0.25) is 0 Å². The second-order valence-corrected chi connectivity index (χ2v) is 13.8. The summed E-state index contributed by atoms with van der Waals surface area (Å²) >= 11 is 2.85. The number of rotatable bonds is 7. The van der Waals surface area contributed by atoms with Gasteiger partial charge in [-0.1, -0.05) is 26.0 Å². The fourth-order valence-corrected chi connectivity index (χ4v) is 7.56. The molecule has 0 aliphatic carbocycles. The number of ether oxygens (including phenoxy) is 2. The average Bonchev–Trinajstić information content (AvgIpc) is 3.88. The molecule has 5 heterocycles. The minimum atomic E-state index is -0.607. The number of nitrogens with one attached hydrogen (secondary N) is 1. The van der Waals surface area contributed by atoms with Crippen LogP contribution in [0.4, 0.5) is 11.8 Å². The van der Waals surface area contributed by atoms with E-state index in [2.05, 4.69) is 5.32 Å². The number of methoxy groups -OCH3 is 2. The van der Waals surface area contributed by atoms with Gasteiger partial charge < -0.3 is 33.9 Å². The molecule has 13 nitrogen and oxygen atoms in total. The first-order chi connectivity index (χ1) is 23.7. The molecule has 3 aliphatic heterocycles. The summed E-state index contributed by atoms with van der Waals surface area (Å²) in [6, 6.07) is 13.8. The van der Waals surface area contributed by atoms with E-state index in [4.69, 9.17) is 23.9 Å². The zero-order valence-corrected chi connectivity index (χ0v) is 29.1. The van der Waals surface area contributed by atoms with Crippen LogP contribution in [0.1, 0.15) is 34.8 Å². The maximum Gasteiger partial charge on any atom is 0.289 e. The molecule has 3 aliphatic rings. The Labute approximate surface area is 291 Å². The Morgan fingerprint density at radius 1 is 0.980 bits per heavy atom. The van der Waals surface area contributed by atoms with E-state index in [9.17, 15) is 19.2 Å². The predicted molar refractivity (Wildman–Crippen MR) is 188 cm³/mol. The lowest BCUT2D eigenvalue weighted by atomic mass is 10.1. The fraction of sp³-hybridized carbons (Fsp3) is 0.353. The van der Waals surface area contributed by atoms with Crippen LogP contribution in [0.15, 0.2) is 64.1 Å². The summed E-state index contributed by atoms with van der Waals surface area (Å²) in [5.74, 6) is 2.22. The Hall–Kier alpha value is -4.76. The predicted octanol–water partition coefficient (Wildman–Crippen LogP) is 4.63. The highest BCUT2D eigenvalue weighted by Crippen LogP contribution is 2.36. The van der Waals surface area contributed by atoms with E-state index in [0.717, 1.165) is 10.5 Å². The first kappa shape index (κ1) is 34.1. The van der Waals surface area contributed by atoms with E-state index >= 15 is 0 Å². The van der Waals surface area contributed by atoms with Gasteiger partial charge in [0.05, 0.1) is 31.9 Å². The number of anilines is 2. The molecule has 0 radical (unpaired) electrons. The van der Waals surface area contributed by atoms with Crippen molar-refractivity contribution < 1.29 is 33.1 Å². The van der Waals surface area contributed by atoms with E-state index < -0.39 is 6.04 Å². The van der Waals surface area contributed by atoms with Crippen molar-refractivity contribution in [3.05, 3.63) is 66.1 Å². The molecular formula is C34H36N6O7S2. The van der Waals surface area contributed by atoms with Crippen LogP contribution in [0, 0.1) is 5.92 Å². The normalized spacial score (nSPS) is 16.9. The zero-order chi connectivity index (χ0) is 34.7. The summed E-state index contributed by atoms with van der Waals surface area (Å²) in [4.78, 5) is 65.7. The third kappa shape index (κ3) is 7.32. The van der Waals surface area contributed by atoms with Crippen LogP contribution < -0.4 is 19.7 Å². The van der Waals surface area contributed by atoms with E-state index in [0.29, 0.717) is 77.7 Å². The van der Waals surface area contributed by atoms with Crippen molar-refractivity contribution >= 4 is 69.0 Å². The Kier molecular flexibility index (Phi) is 10.3. The van der Waals surface area contributed by atoms with Gasteiger partial charge in [0.1, 0.15) is 11.9 Å². The lowest BCUT2D eigenvalue weighted by molar-refractivity contribution is -0.138. The van der Waals surface area contributed by atoms with Crippen molar-refractivity contribution in [2.24, 2.45) is 5.92 Å². The van der Waals surface area contributed by atoms with Crippen LogP contribution in [-0.4, -0.2) is 101 Å². The molecule has 1 atom stereocenters. The van der Waals surface area contributed by atoms with Gasteiger partial charge in [0.2, 0.25) is 22.9 Å². The molecule has 2 bridgehead atoms. The SMILES string of the molecule is COc1cc2nc(N3CCN(C(=O)c4ccco4)CC3)nc(NC(=O)C3CSCN3C(=O)C(C)C)c2cc1OC.O=C1Sc2cccc1c2. The second kappa shape index (κ2) is 14.8. The summed E-state index contributed by atoms with van der Waals surface area (Å²) < 4.78 is 16.2. The minimum absolute atomic E-state index is 0.0632. The number of benzene rings is 2. The number of amides is 3. The third-order valence-corrected chi connectivity index (χ3v) is 10.2. The molecule has 4 aromatic rings. The van der Waals surface area contributed by atoms with Crippen LogP contribution in [0.5, 0.6) is 11.5 Å². The maximum atomic E-state index is 13.5. The smallest absolute Gasteiger partial charge is 0.289 e. The molecule has 2 fully saturated rings. The Morgan fingerprint density at radius 2 is 1.73 bits per heavy atom. The van der Waals surface area contributed by atoms with Crippen LogP contribution in [0.3, 0.4) is 0 Å². The Morgan fingerprint density at radius 3 is 2.39 bits per heavy atom. The standard InChI is InChI=1S/C27H32N6O6S.C7H4OS/c1-16(2)25(35)33-15-40-14-19(33)24(34)29-23-17-12-21(37-3)22(38-4)13-18(17)28-27(30-23)32-9-7-31(8-10-32)26(36)20-6-5-11-39-20;8-7-5-2-1-3-6(4-5)9-7/h5-6,11-13,16,19H,7-10,14-15H2,1-4H3,(H,28,29,30,34);1-4H. The maximum absolute atomic E-state index is 13.5. The monoisotopic (exact) mass is 704 g/mol. The van der Waals surface area contributed by atoms with Crippen LogP contribution in [-0.2, 0) is 9.59 Å². The van der Waals surface area contributed by atoms with Crippen LogP contribution in [0.25, 0.3) is 10.9 Å². The first-order valence-corrected chi connectivity index (χ1v) is 17.7. The number of hydrogen-bond acceptors (Lipinski definition) is 12. The van der Waals surface area contributed by atoms with Crippen molar-refractivity contribution in [2.45, 2.75) is 24.8 Å². The number of aromatic nitrogens is 2. The summed E-state index contributed by atoms with van der Waals surface area (Å²) in [6.07, 6.45) is 1.48. The number of carbonyl (C=O) groups excluding carboxylic acids is 4. The molecule has 3 amide bonds. The highest BCUT2D eigenvalue weighted by molar-refractivity contribution is 8.14. The van der Waals surface area contributed by atoms with E-state index in [1.807, 2.05) is 43.0 Å². The molecule has 2 aromatic carbocycles. The Bertz CT molecular complexity index is 1880. The third-order valence-electron chi connectivity index (χ3n) is 8.25. The summed E-state index contributed by atoms with van der Waals surface area (Å²) in [5, 5.41) is 3.72. The number of nitrogens with zero attached hydrogens (tertiary/aromatic N) is 5. The van der Waals surface area contributed by atoms with Gasteiger partial charge in [-0.3, -0.25) is 19.2 Å². The van der Waals surface area contributed by atoms with Gasteiger partial charge in [0.15, 0.2) is 17.3 Å². The fourth-order valence-electron chi connectivity index (χ4n) is 5.61. The van der Waals surface area contributed by atoms with Crippen molar-refractivity contribution in [2.75, 3.05) is 62.2 Å². The molecule has 0 spiro atoms. The molecule has 1 N–H and O–H groups in total. The van der Waals surface area contributed by atoms with Gasteiger partial charge in [0.25, 0.3) is 5.91 Å². The number of hydrogen-bond donors (Lipinski definition) is 1. The van der Waals surface area contributed by atoms with Gasteiger partial charge >= 0.3 is 0 Å². The number of fused-ring (bicyclic) bond motifs is 3. The number of piperazine rings is 1. The molecule has 15 heteroatoms. The molecule has 2 saturated heterocycles. The number of furan rings is 1. The van der Waals surface area contributed by atoms with Gasteiger partial charge in [-0.15, -0.1) is 11.8 Å². The largest absolute Gasteiger partial charge is 0.493 e. The summed E-state index contributed by atoms with van der Waals surface area (Å²) in [6.45, 7) is 5.56. The summed E-state index contributed by atoms with van der Waals surface area (Å²) in [7, 11) is 3.08. The lowest BCUT2D eigenvalue weighted by Gasteiger charge is -2.34. The summed E-state index contributed by atoms with van der Waals surface area (Å²) in [5.41, 5.74) is 1.39. The van der Waals surface area contributed by atoms with Crippen molar-refractivity contribution in [3.63, 3.8) is 0 Å². The molecule has 2 aromatic heterocycles. The lowest BCUT2D eigenvalue weighted by Crippen LogP contribution is -2.49. The highest BCUT2D eigenvalue weighted by atomic mass is 32.2. The molecule has 0 saturated carbocycles. The molecule has 7 rings (SSSR count). The quantitative estimate of drug-likeness (QED) is 0.286. The van der Waals surface area contributed by atoms with Gasteiger partial charge in [-0.25, -0.2) is 4.98 Å². The minimum Gasteiger partial charge on any atom is -0.493 e. The van der Waals surface area contributed by atoms with Crippen LogP contribution >= 0.6 is 23.5 Å².